The first kappa shape index (κ1) is 32.0. The minimum atomic E-state index is -2.46. The van der Waals surface area contributed by atoms with Crippen molar-refractivity contribution in [2.45, 2.75) is 105 Å². The van der Waals surface area contributed by atoms with Gasteiger partial charge in [0.2, 0.25) is 0 Å². The van der Waals surface area contributed by atoms with Crippen molar-refractivity contribution in [1.82, 2.24) is 4.57 Å². The number of aliphatic hydroxyl groups excluding tert-OH is 2. The lowest BCUT2D eigenvalue weighted by molar-refractivity contribution is -0.139. The second kappa shape index (κ2) is 16.0. The predicted octanol–water partition coefficient (Wildman–Crippen LogP) is 9.13. The largest absolute Gasteiger partial charge is 0.481 e. The Hall–Kier alpha value is -4.27. The fourth-order valence-corrected chi connectivity index (χ4v) is 6.55. The fourth-order valence-electron chi connectivity index (χ4n) is 6.55. The van der Waals surface area contributed by atoms with Gasteiger partial charge in [-0.05, 0) is 112 Å². The van der Waals surface area contributed by atoms with Gasteiger partial charge < -0.3 is 25.2 Å². The predicted molar refractivity (Wildman–Crippen MR) is 195 cm³/mol. The molecule has 4 rings (SSSR count). The number of carboxylic acid groups (broad SMARTS) is 1. The minimum Gasteiger partial charge on any atom is -0.481 e. The van der Waals surface area contributed by atoms with Crippen molar-refractivity contribution in [3.05, 3.63) is 100.0 Å². The maximum absolute atomic E-state index is 15.1. The first-order valence-corrected chi connectivity index (χ1v) is 16.6. The van der Waals surface area contributed by atoms with Gasteiger partial charge in [0.05, 0.1) is 29.9 Å². The van der Waals surface area contributed by atoms with Gasteiger partial charge >= 0.3 is 5.97 Å². The van der Waals surface area contributed by atoms with Gasteiger partial charge in [-0.25, -0.2) is 4.39 Å². The summed E-state index contributed by atoms with van der Waals surface area (Å²) in [6.45, 7) is 13.2. The number of aliphatic carboxylic acids is 1. The quantitative estimate of drug-likeness (QED) is 0.107. The van der Waals surface area contributed by atoms with E-state index in [9.17, 15) is 27.2 Å². The number of anilines is 1. The van der Waals surface area contributed by atoms with Crippen LogP contribution in [0.2, 0.25) is 0 Å². The molecule has 8 heteroatoms. The normalized spacial score (nSPS) is 16.4. The molecular weight excluding hydrogens is 619 g/mol. The number of hydrogen-bond acceptors (Lipinski definition) is 4. The van der Waals surface area contributed by atoms with Crippen molar-refractivity contribution in [1.29, 1.82) is 0 Å². The maximum atomic E-state index is 15.1. The molecule has 4 N–H and O–H groups in total. The van der Waals surface area contributed by atoms with Crippen LogP contribution in [-0.4, -0.2) is 44.0 Å². The molecular formula is C41H51FN2O5. The molecule has 4 atom stereocenters. The summed E-state index contributed by atoms with van der Waals surface area (Å²) >= 11 is 0. The van der Waals surface area contributed by atoms with Crippen LogP contribution >= 0.6 is 0 Å². The molecule has 7 nitrogen and oxygen atoms in total. The third-order valence-electron chi connectivity index (χ3n) is 8.94. The van der Waals surface area contributed by atoms with E-state index in [1.807, 2.05) is 51.1 Å². The number of hydrogen-bond donors (Lipinski definition) is 4. The van der Waals surface area contributed by atoms with Gasteiger partial charge in [-0.1, -0.05) is 56.7 Å². The standard InChI is InChI=1S/C41H51FN2O5/c1-9-34(23(2)3)39-38(41(49)43-31-15-13-25(5)26(6)19-31)37(29-12-10-11-24(4)17-29)40(35-16-14-30(42)18-27(35)7)44(39)28(8)20-32(45)21-33(46)22-36(47)48/h10-19,23,28,32-34,45-46H,9,20-22H2,1-8H3,(H,43,49)(H,47,48)/t28?,32-,33-,34?/m1/s1/i9D2,23D,34D. The van der Waals surface area contributed by atoms with Crippen LogP contribution in [0.5, 0.6) is 0 Å². The summed E-state index contributed by atoms with van der Waals surface area (Å²) in [5.41, 5.74) is 5.25. The molecule has 0 radical (unpaired) electrons. The van der Waals surface area contributed by atoms with E-state index in [4.69, 9.17) is 2.74 Å². The summed E-state index contributed by atoms with van der Waals surface area (Å²) in [7, 11) is 0. The lowest BCUT2D eigenvalue weighted by Gasteiger charge is -2.29. The third kappa shape index (κ3) is 8.67. The van der Waals surface area contributed by atoms with E-state index >= 15 is 4.79 Å². The van der Waals surface area contributed by atoms with E-state index < -0.39 is 60.5 Å². The second-order valence-corrected chi connectivity index (χ2v) is 13.3. The topological polar surface area (TPSA) is 112 Å². The molecule has 0 saturated carbocycles. The molecule has 0 saturated heterocycles. The van der Waals surface area contributed by atoms with E-state index in [-0.39, 0.29) is 24.1 Å². The molecule has 262 valence electrons. The molecule has 1 amide bonds. The van der Waals surface area contributed by atoms with Crippen LogP contribution in [0.3, 0.4) is 0 Å². The number of nitrogens with zero attached hydrogens (tertiary/aromatic N) is 1. The van der Waals surface area contributed by atoms with Crippen LogP contribution in [0.15, 0.2) is 60.7 Å². The Bertz CT molecular complexity index is 1990. The lowest BCUT2D eigenvalue weighted by Crippen LogP contribution is -2.25. The van der Waals surface area contributed by atoms with Crippen molar-refractivity contribution >= 4 is 17.6 Å². The average Bonchev–Trinajstić information content (AvgIpc) is 3.37. The summed E-state index contributed by atoms with van der Waals surface area (Å²) < 4.78 is 54.1. The van der Waals surface area contributed by atoms with Crippen molar-refractivity contribution in [2.75, 3.05) is 5.32 Å². The molecule has 2 unspecified atom stereocenters. The lowest BCUT2D eigenvalue weighted by atomic mass is 9.85. The number of nitrogens with one attached hydrogen (secondary N) is 1. The average molecular weight is 675 g/mol. The molecule has 0 aliphatic heterocycles. The van der Waals surface area contributed by atoms with Gasteiger partial charge in [0.25, 0.3) is 5.91 Å². The zero-order valence-corrected chi connectivity index (χ0v) is 29.6. The summed E-state index contributed by atoms with van der Waals surface area (Å²) in [6.07, 6.45) is -6.04. The summed E-state index contributed by atoms with van der Waals surface area (Å²) in [5, 5.41) is 33.9. The number of aliphatic hydroxyl groups is 2. The van der Waals surface area contributed by atoms with E-state index in [1.54, 1.807) is 36.6 Å². The molecule has 0 aliphatic carbocycles. The second-order valence-electron chi connectivity index (χ2n) is 13.3. The number of carboxylic acids is 1. The van der Waals surface area contributed by atoms with Crippen molar-refractivity contribution in [2.24, 2.45) is 5.89 Å². The van der Waals surface area contributed by atoms with Crippen LogP contribution in [0.25, 0.3) is 22.4 Å². The zero-order valence-electron chi connectivity index (χ0n) is 33.6. The van der Waals surface area contributed by atoms with Gasteiger partial charge in [-0.15, -0.1) is 0 Å². The van der Waals surface area contributed by atoms with E-state index in [1.165, 1.54) is 32.9 Å². The molecule has 0 aliphatic rings. The van der Waals surface area contributed by atoms with E-state index in [0.717, 1.165) is 16.7 Å². The Morgan fingerprint density at radius 3 is 2.22 bits per heavy atom. The number of rotatable bonds is 14. The number of carbonyl (C=O) groups excluding carboxylic acids is 1. The van der Waals surface area contributed by atoms with Crippen molar-refractivity contribution < 1.29 is 34.8 Å². The van der Waals surface area contributed by atoms with Crippen molar-refractivity contribution in [3.8, 4) is 22.4 Å². The fraction of sp³-hybridized carbons (Fsp3) is 0.415. The van der Waals surface area contributed by atoms with Crippen LogP contribution in [-0.2, 0) is 4.79 Å². The number of benzene rings is 3. The molecule has 0 spiro atoms. The van der Waals surface area contributed by atoms with E-state index in [0.29, 0.717) is 33.6 Å². The van der Waals surface area contributed by atoms with Crippen LogP contribution in [0.1, 0.15) is 109 Å². The molecule has 3 aromatic carbocycles. The van der Waals surface area contributed by atoms with E-state index in [2.05, 4.69) is 5.32 Å². The molecule has 49 heavy (non-hydrogen) atoms. The minimum absolute atomic E-state index is 0.0548. The highest BCUT2D eigenvalue weighted by molar-refractivity contribution is 6.12. The molecule has 4 aromatic rings. The Morgan fingerprint density at radius 2 is 1.63 bits per heavy atom. The van der Waals surface area contributed by atoms with Gasteiger partial charge in [0.1, 0.15) is 5.82 Å². The van der Waals surface area contributed by atoms with Crippen LogP contribution in [0.4, 0.5) is 10.1 Å². The van der Waals surface area contributed by atoms with Gasteiger partial charge in [-0.3, -0.25) is 9.59 Å². The molecule has 1 heterocycles. The number of aromatic nitrogens is 1. The Kier molecular flexibility index (Phi) is 10.4. The van der Waals surface area contributed by atoms with Crippen LogP contribution in [0, 0.1) is 39.4 Å². The zero-order chi connectivity index (χ0) is 39.8. The van der Waals surface area contributed by atoms with Gasteiger partial charge in [-0.2, -0.15) is 0 Å². The van der Waals surface area contributed by atoms with Crippen LogP contribution < -0.4 is 5.32 Å². The highest BCUT2D eigenvalue weighted by Gasteiger charge is 2.36. The molecule has 1 aromatic heterocycles. The first-order chi connectivity index (χ1) is 24.5. The number of carbonyl (C=O) groups is 2. The Labute approximate surface area is 295 Å². The summed E-state index contributed by atoms with van der Waals surface area (Å²) in [6, 6.07) is 16.1. The number of amides is 1. The Balaban J connectivity index is 2.25. The smallest absolute Gasteiger partial charge is 0.305 e. The summed E-state index contributed by atoms with van der Waals surface area (Å²) in [4.78, 5) is 26.3. The first-order valence-electron chi connectivity index (χ1n) is 18.6. The monoisotopic (exact) mass is 674 g/mol. The van der Waals surface area contributed by atoms with Gasteiger partial charge in [0, 0.05) is 39.9 Å². The molecule has 0 bridgehead atoms. The third-order valence-corrected chi connectivity index (χ3v) is 8.94. The van der Waals surface area contributed by atoms with Crippen molar-refractivity contribution in [3.63, 3.8) is 0 Å². The number of aryl methyl sites for hydroxylation is 4. The Morgan fingerprint density at radius 1 is 0.918 bits per heavy atom. The summed E-state index contributed by atoms with van der Waals surface area (Å²) in [5.74, 6) is -6.73. The highest BCUT2D eigenvalue weighted by atomic mass is 19.1. The molecule has 0 fully saturated rings. The SMILES string of the molecule is [2H]C([2H])(C)C([2H])(c1c(C(=O)Nc2ccc(C)c(C)c2)c(-c2cccc(C)c2)c(-c2ccc(F)cc2C)n1C(C)C[C@@H](O)C[C@@H](O)CC(=O)O)C([2H])(C)C. The highest BCUT2D eigenvalue weighted by Crippen LogP contribution is 2.47. The van der Waals surface area contributed by atoms with Gasteiger partial charge in [0.15, 0.2) is 0 Å². The maximum Gasteiger partial charge on any atom is 0.305 e. The number of halogens is 1.